The number of phenols is 1. The predicted molar refractivity (Wildman–Crippen MR) is 384 cm³/mol. The largest absolute Gasteiger partial charge is 1.00 e. The first kappa shape index (κ1) is 86.7. The number of fused-ring (bicyclic) bond motifs is 1. The van der Waals surface area contributed by atoms with Gasteiger partial charge in [0.25, 0.3) is 0 Å². The van der Waals surface area contributed by atoms with E-state index in [1.807, 2.05) is 91.8 Å². The van der Waals surface area contributed by atoms with Crippen molar-refractivity contribution < 1.29 is 71.3 Å². The molecule has 6 aromatic carbocycles. The minimum Gasteiger partial charge on any atom is -0.507 e. The van der Waals surface area contributed by atoms with Crippen molar-refractivity contribution in [3.8, 4) is 35.1 Å². The molecule has 7 rings (SSSR count). The molecule has 1 aliphatic rings. The second-order valence-corrected chi connectivity index (χ2v) is 40.4. The number of hydrogen-bond acceptors (Lipinski definition) is 14. The zero-order chi connectivity index (χ0) is 71.7. The summed E-state index contributed by atoms with van der Waals surface area (Å²) < 4.78 is 84.0. The van der Waals surface area contributed by atoms with Crippen LogP contribution in [0.1, 0.15) is 166 Å². The molecule has 5 N–H and O–H groups in total. The molecule has 1 heterocycles. The van der Waals surface area contributed by atoms with Crippen LogP contribution >= 0.6 is 34.9 Å². The van der Waals surface area contributed by atoms with Crippen LogP contribution in [-0.4, -0.2) is 63.8 Å². The molecule has 22 heteroatoms. The van der Waals surface area contributed by atoms with Gasteiger partial charge in [-0.25, -0.2) is 0 Å². The van der Waals surface area contributed by atoms with E-state index in [1.165, 1.54) is 87.6 Å². The van der Waals surface area contributed by atoms with Gasteiger partial charge in [-0.15, -0.1) is 0 Å². The zero-order valence-corrected chi connectivity index (χ0v) is 65.1. The number of ether oxygens (including phenoxy) is 1. The molecule has 0 aromatic heterocycles. The van der Waals surface area contributed by atoms with Gasteiger partial charge in [0.15, 0.2) is 5.75 Å². The van der Waals surface area contributed by atoms with Crippen LogP contribution < -0.4 is 13.2 Å². The third kappa shape index (κ3) is 29.2. The third-order valence-electron chi connectivity index (χ3n) is 15.3. The van der Waals surface area contributed by atoms with Gasteiger partial charge in [0.2, 0.25) is 0 Å². The van der Waals surface area contributed by atoms with E-state index in [-0.39, 0.29) is 44.1 Å². The molecule has 1 aliphatic heterocycles. The van der Waals surface area contributed by atoms with Gasteiger partial charge in [0, 0.05) is 16.7 Å². The Bertz CT molecular complexity index is 3560. The van der Waals surface area contributed by atoms with Gasteiger partial charge >= 0.3 is 130 Å². The van der Waals surface area contributed by atoms with Crippen molar-refractivity contribution in [2.45, 2.75) is 212 Å². The molecule has 0 saturated heterocycles. The van der Waals surface area contributed by atoms with Crippen molar-refractivity contribution in [3.63, 3.8) is 0 Å². The van der Waals surface area contributed by atoms with E-state index in [0.717, 1.165) is 87.2 Å². The van der Waals surface area contributed by atoms with E-state index >= 15 is 0 Å². The number of nitriles is 2. The summed E-state index contributed by atoms with van der Waals surface area (Å²) in [6.07, 6.45) is 8.87. The topological polar surface area (TPSA) is 237 Å². The molecule has 0 spiro atoms. The number of alkyl halides is 3. The molecular formula is C72H101BrF3N2O12P2SSn+. The molecular weight excluding hydrogens is 1430 g/mol. The number of unbranched alkanes of at least 4 members (excludes halogenated alkanes) is 3. The first-order valence-electron chi connectivity index (χ1n) is 31.2. The van der Waals surface area contributed by atoms with E-state index in [2.05, 4.69) is 104 Å². The number of aryl methyl sites for hydroxylation is 12. The van der Waals surface area contributed by atoms with E-state index in [9.17, 15) is 31.5 Å². The Balaban J connectivity index is 0.00000109. The van der Waals surface area contributed by atoms with Crippen LogP contribution in [0, 0.1) is 106 Å². The molecule has 14 nitrogen and oxygen atoms in total. The summed E-state index contributed by atoms with van der Waals surface area (Å²) in [5, 5.41) is 63.0. The molecule has 6 aromatic rings. The van der Waals surface area contributed by atoms with Crippen molar-refractivity contribution >= 4 is 69.3 Å². The number of aliphatic hydroxyl groups excluding tert-OH is 4. The molecule has 94 heavy (non-hydrogen) atoms. The fraction of sp³-hybridized carbons (Fsp3) is 0.458. The molecule has 0 aliphatic carbocycles. The smallest absolute Gasteiger partial charge is 0.507 e. The van der Waals surface area contributed by atoms with Crippen LogP contribution in [-0.2, 0) is 65.5 Å². The average Bonchev–Trinajstić information content (AvgIpc) is 0.819. The maximum atomic E-state index is 12.2. The monoisotopic (exact) mass is 1540 g/mol. The van der Waals surface area contributed by atoms with Crippen LogP contribution in [0.2, 0.25) is 17.7 Å². The molecule has 0 bridgehead atoms. The number of carbonyl (C=O) groups excluding carboxylic acids is 1. The molecule has 2 unspecified atom stereocenters. The Morgan fingerprint density at radius 2 is 0.968 bits per heavy atom. The van der Waals surface area contributed by atoms with Gasteiger partial charge in [-0.2, -0.15) is 26.9 Å². The van der Waals surface area contributed by atoms with Gasteiger partial charge in [-0.05, 0) is 172 Å². The Hall–Kier alpha value is -5.31. The number of nitrogens with zero attached hydrogens (tertiary/aromatic N) is 2. The number of hydrogen-bond donors (Lipinski definition) is 5. The van der Waals surface area contributed by atoms with Crippen LogP contribution in [0.3, 0.4) is 0 Å². The second kappa shape index (κ2) is 43.8. The van der Waals surface area contributed by atoms with Crippen LogP contribution in [0.15, 0.2) is 77.3 Å². The maximum Gasteiger partial charge on any atom is 1.00 e. The fourth-order valence-corrected chi connectivity index (χ4v) is 27.0. The summed E-state index contributed by atoms with van der Waals surface area (Å²) in [5.74, 6) is 1.26. The number of aromatic hydroxyl groups is 1. The quantitative estimate of drug-likeness (QED) is 0.0167. The minimum atomic E-state index is -5.73. The number of esters is 1. The van der Waals surface area contributed by atoms with E-state index in [4.69, 9.17) is 44.7 Å². The molecule has 2 atom stereocenters. The molecule has 0 saturated carbocycles. The molecule has 0 amide bonds. The fourth-order valence-electron chi connectivity index (χ4n) is 10.8. The minimum absolute atomic E-state index is 0. The van der Waals surface area contributed by atoms with Crippen molar-refractivity contribution in [2.75, 3.05) is 0 Å². The molecule has 0 radical (unpaired) electrons. The summed E-state index contributed by atoms with van der Waals surface area (Å²) in [5.41, 5.74) is 12.0. The molecule has 0 fully saturated rings. The van der Waals surface area contributed by atoms with E-state index in [1.54, 1.807) is 13.0 Å². The summed E-state index contributed by atoms with van der Waals surface area (Å²) in [7, 11) is -1.29. The Morgan fingerprint density at radius 1 is 0.574 bits per heavy atom. The third-order valence-corrected chi connectivity index (χ3v) is 32.0. The van der Waals surface area contributed by atoms with Gasteiger partial charge in [-0.3, -0.25) is 4.79 Å². The summed E-state index contributed by atoms with van der Waals surface area (Å²) >= 11 is 1.40. The van der Waals surface area contributed by atoms with Crippen molar-refractivity contribution in [2.24, 2.45) is 0 Å². The summed E-state index contributed by atoms with van der Waals surface area (Å²) in [4.78, 5) is 11.0. The van der Waals surface area contributed by atoms with Crippen LogP contribution in [0.25, 0.3) is 0 Å². The van der Waals surface area contributed by atoms with Crippen LogP contribution in [0.4, 0.5) is 13.2 Å². The second-order valence-electron chi connectivity index (χ2n) is 23.7. The van der Waals surface area contributed by atoms with Gasteiger partial charge in [0.1, 0.15) is 23.9 Å². The number of benzene rings is 6. The number of halogens is 4. The normalized spacial score (nSPS) is 11.4. The predicted octanol–water partition coefficient (Wildman–Crippen LogP) is 18.0. The Labute approximate surface area is 576 Å². The number of rotatable bonds is 19. The van der Waals surface area contributed by atoms with Gasteiger partial charge in [-0.1, -0.05) is 88.5 Å². The average molecular weight is 1540 g/mol. The first-order valence-corrected chi connectivity index (χ1v) is 42.4. The van der Waals surface area contributed by atoms with Crippen LogP contribution in [0.5, 0.6) is 23.0 Å². The van der Waals surface area contributed by atoms with Gasteiger partial charge < -0.3 is 43.5 Å². The zero-order valence-electron chi connectivity index (χ0n) is 58.5. The first-order chi connectivity index (χ1) is 44.2. The van der Waals surface area contributed by atoms with E-state index in [0.29, 0.717) is 30.6 Å². The van der Waals surface area contributed by atoms with Gasteiger partial charge in [0.05, 0.1) is 68.7 Å². The molecule has 518 valence electrons. The van der Waals surface area contributed by atoms with E-state index < -0.39 is 46.4 Å². The van der Waals surface area contributed by atoms with Crippen molar-refractivity contribution in [3.05, 3.63) is 183 Å². The number of carbonyl (C=O) groups is 1. The SMILES string of the molecule is CCC[CH2][Sn]([CH2]C#N)([CH2]CCC)[CH2]CCC.Cc1cc(C)c(CC#N)c(CO)c1.Cc1cc(C)c(O)c(CO)c1.Cc1cc(C)c(OP)c(Br)c1.Cc1cc(C)c(OP)c(CO)c1.Cc1cc(C)c(OS(=O)(=O)C(F)(F)F)c(CO)c1.Cc1cc(C)c2c(c1)COC(=O)C2.[H+]. The maximum absolute atomic E-state index is 12.2. The number of aliphatic hydroxyl groups is 4. The summed E-state index contributed by atoms with van der Waals surface area (Å²) in [6, 6.07) is 27.3. The standard InChI is InChI=1S/C11H13NO.C11H12O2.C10H11F3O4S.C9H13O2P.C9H12O2.C8H10BrOP.3C4H9.C2H2N.Sn/c1-8-5-9(2)11(3-4-12)10(6-8)7-13;1-7-3-8(2)10-5-11(12)13-6-9(10)4-7;1-6-3-7(2)9(8(4-6)5-14)17-18(15,16)10(11,12)13;1-6-3-7(2)9(11-12)8(4-6)5-10;1-6-3-7(2)9(11)8(4-6)5-10;1-5-3-6(2)8(10-11)7(9)4-5;3*1-3-4-2;1-2-3;/h5-6,13H,3,7H2,1-2H3;3-4H,5-6H2,1-2H3;3-4,14H,5H2,1-2H3;3-4,10H,5,12H2,1-2H3;3-4,10-11H,5H2,1-2H3;3-4H,11H2,1-2H3;3*1,3-4H2,2H3;1H2;/p+1. The van der Waals surface area contributed by atoms with Crippen molar-refractivity contribution in [1.82, 2.24) is 0 Å². The number of cyclic esters (lactones) is 1. The summed E-state index contributed by atoms with van der Waals surface area (Å²) in [6.45, 7) is 29.5. The van der Waals surface area contributed by atoms with Crippen molar-refractivity contribution in [1.29, 1.82) is 10.5 Å². The Kier molecular flexibility index (Phi) is 40.4. The Morgan fingerprint density at radius 3 is 1.39 bits per heavy atom.